The van der Waals surface area contributed by atoms with Gasteiger partial charge in [-0.15, -0.1) is 11.3 Å². The fraction of sp³-hybridized carbons (Fsp3) is 0.650. The van der Waals surface area contributed by atoms with Gasteiger partial charge in [0.2, 0.25) is 5.91 Å². The molecule has 0 radical (unpaired) electrons. The summed E-state index contributed by atoms with van der Waals surface area (Å²) in [4.78, 5) is 29.0. The van der Waals surface area contributed by atoms with Crippen molar-refractivity contribution in [1.82, 2.24) is 9.88 Å². The topological polar surface area (TPSA) is 100.0 Å². The zero-order chi connectivity index (χ0) is 20.6. The number of carboxylic acids is 1. The first-order valence-electron chi connectivity index (χ1n) is 10.1. The molecule has 1 saturated carbocycles. The van der Waals surface area contributed by atoms with E-state index in [1.807, 2.05) is 11.0 Å². The zero-order valence-electron chi connectivity index (χ0n) is 16.4. The van der Waals surface area contributed by atoms with Crippen LogP contribution in [0.5, 0.6) is 0 Å². The summed E-state index contributed by atoms with van der Waals surface area (Å²) < 4.78 is 6.50. The molecule has 2 N–H and O–H groups in total. The largest absolute Gasteiger partial charge is 0.476 e. The fourth-order valence-electron chi connectivity index (χ4n) is 3.68. The first kappa shape index (κ1) is 22.3. The van der Waals surface area contributed by atoms with Crippen LogP contribution in [0.4, 0.5) is 0 Å². The molecule has 1 aromatic rings. The monoisotopic (exact) mass is 440 g/mol. The van der Waals surface area contributed by atoms with E-state index in [-0.39, 0.29) is 23.7 Å². The smallest absolute Gasteiger partial charge is 0.355 e. The van der Waals surface area contributed by atoms with Gasteiger partial charge in [0.15, 0.2) is 10.0 Å². The Morgan fingerprint density at radius 1 is 1.38 bits per heavy atom. The van der Waals surface area contributed by atoms with Crippen LogP contribution in [0.15, 0.2) is 21.9 Å². The van der Waals surface area contributed by atoms with E-state index < -0.39 is 12.1 Å². The molecule has 1 aromatic heterocycles. The van der Waals surface area contributed by atoms with Gasteiger partial charge >= 0.3 is 5.97 Å². The Morgan fingerprint density at radius 3 is 2.90 bits per heavy atom. The predicted molar refractivity (Wildman–Crippen MR) is 113 cm³/mol. The SMILES string of the molecule is O=C(O)c1csc(SCCN2C(=O)CC[C@@H]2C=C[C@@H](O)COC2CCCCC2)n1. The maximum absolute atomic E-state index is 12.2. The van der Waals surface area contributed by atoms with Crippen molar-refractivity contribution >= 4 is 35.0 Å². The Hall–Kier alpha value is -1.42. The van der Waals surface area contributed by atoms with Gasteiger partial charge in [0.25, 0.3) is 0 Å². The molecule has 3 rings (SSSR count). The summed E-state index contributed by atoms with van der Waals surface area (Å²) in [6.07, 6.45) is 10.3. The molecular weight excluding hydrogens is 412 g/mol. The van der Waals surface area contributed by atoms with Crippen molar-refractivity contribution in [2.75, 3.05) is 18.9 Å². The van der Waals surface area contributed by atoms with Crippen LogP contribution in [0.2, 0.25) is 0 Å². The third-order valence-corrected chi connectivity index (χ3v) is 7.25. The number of rotatable bonds is 10. The number of aromatic carboxylic acids is 1. The van der Waals surface area contributed by atoms with Crippen LogP contribution in [-0.4, -0.2) is 69.1 Å². The third kappa shape index (κ3) is 6.80. The number of ether oxygens (including phenoxy) is 1. The molecule has 1 aliphatic heterocycles. The van der Waals surface area contributed by atoms with Crippen LogP contribution < -0.4 is 0 Å². The second-order valence-corrected chi connectivity index (χ2v) is 9.59. The van der Waals surface area contributed by atoms with E-state index in [2.05, 4.69) is 4.98 Å². The maximum Gasteiger partial charge on any atom is 0.355 e. The van der Waals surface area contributed by atoms with Crippen molar-refractivity contribution in [2.45, 2.75) is 67.5 Å². The van der Waals surface area contributed by atoms with Gasteiger partial charge in [0.1, 0.15) is 0 Å². The minimum Gasteiger partial charge on any atom is -0.476 e. The second kappa shape index (κ2) is 11.1. The highest BCUT2D eigenvalue weighted by Crippen LogP contribution is 2.25. The van der Waals surface area contributed by atoms with E-state index in [0.29, 0.717) is 29.7 Å². The number of carbonyl (C=O) groups excluding carboxylic acids is 1. The lowest BCUT2D eigenvalue weighted by Crippen LogP contribution is -2.34. The van der Waals surface area contributed by atoms with Gasteiger partial charge in [0, 0.05) is 24.1 Å². The molecule has 29 heavy (non-hydrogen) atoms. The average molecular weight is 441 g/mol. The molecule has 7 nitrogen and oxygen atoms in total. The van der Waals surface area contributed by atoms with Crippen LogP contribution in [0.1, 0.15) is 55.4 Å². The molecular formula is C20H28N2O5S2. The summed E-state index contributed by atoms with van der Waals surface area (Å²) in [5.74, 6) is -0.270. The Balaban J connectivity index is 1.42. The van der Waals surface area contributed by atoms with Crippen LogP contribution in [0.25, 0.3) is 0 Å². The minimum absolute atomic E-state index is 0.0155. The molecule has 2 aliphatic rings. The number of thiazole rings is 1. The second-order valence-electron chi connectivity index (χ2n) is 7.39. The van der Waals surface area contributed by atoms with E-state index in [1.54, 1.807) is 6.08 Å². The van der Waals surface area contributed by atoms with E-state index in [0.717, 1.165) is 19.3 Å². The molecule has 0 unspecified atom stereocenters. The highest BCUT2D eigenvalue weighted by atomic mass is 32.2. The average Bonchev–Trinajstić information content (AvgIpc) is 3.33. The Labute approximate surface area is 179 Å². The maximum atomic E-state index is 12.2. The third-order valence-electron chi connectivity index (χ3n) is 5.24. The summed E-state index contributed by atoms with van der Waals surface area (Å²) in [5, 5.41) is 20.6. The number of nitrogens with zero attached hydrogens (tertiary/aromatic N) is 2. The molecule has 9 heteroatoms. The summed E-state index contributed by atoms with van der Waals surface area (Å²) in [7, 11) is 0. The lowest BCUT2D eigenvalue weighted by molar-refractivity contribution is -0.128. The van der Waals surface area contributed by atoms with Crippen molar-refractivity contribution in [3.63, 3.8) is 0 Å². The molecule has 2 fully saturated rings. The van der Waals surface area contributed by atoms with Crippen molar-refractivity contribution in [2.24, 2.45) is 0 Å². The van der Waals surface area contributed by atoms with E-state index in [4.69, 9.17) is 9.84 Å². The molecule has 1 amide bonds. The fourth-order valence-corrected chi connectivity index (χ4v) is 5.49. The summed E-state index contributed by atoms with van der Waals surface area (Å²) in [5.41, 5.74) is 0.0555. The van der Waals surface area contributed by atoms with Gasteiger partial charge in [-0.25, -0.2) is 9.78 Å². The summed E-state index contributed by atoms with van der Waals surface area (Å²) in [6, 6.07) is -0.0155. The van der Waals surface area contributed by atoms with Gasteiger partial charge < -0.3 is 19.8 Å². The number of hydrogen-bond donors (Lipinski definition) is 2. The summed E-state index contributed by atoms with van der Waals surface area (Å²) >= 11 is 2.75. The van der Waals surface area contributed by atoms with Gasteiger partial charge in [-0.05, 0) is 19.3 Å². The molecule has 0 aromatic carbocycles. The van der Waals surface area contributed by atoms with Crippen molar-refractivity contribution in [1.29, 1.82) is 0 Å². The normalized spacial score (nSPS) is 21.9. The predicted octanol–water partition coefficient (Wildman–Crippen LogP) is 3.19. The summed E-state index contributed by atoms with van der Waals surface area (Å²) in [6.45, 7) is 0.864. The van der Waals surface area contributed by atoms with Crippen LogP contribution in [0.3, 0.4) is 0 Å². The number of aliphatic hydroxyl groups is 1. The molecule has 0 spiro atoms. The lowest BCUT2D eigenvalue weighted by atomic mass is 9.98. The number of aliphatic hydroxyl groups excluding tert-OH is 1. The van der Waals surface area contributed by atoms with E-state index in [9.17, 15) is 14.7 Å². The highest BCUT2D eigenvalue weighted by Gasteiger charge is 2.29. The molecule has 2 atom stereocenters. The Bertz CT molecular complexity index is 717. The first-order chi connectivity index (χ1) is 14.0. The molecule has 0 bridgehead atoms. The van der Waals surface area contributed by atoms with Gasteiger partial charge in [-0.2, -0.15) is 0 Å². The van der Waals surface area contributed by atoms with Crippen LogP contribution in [0, 0.1) is 0 Å². The number of amides is 1. The van der Waals surface area contributed by atoms with Gasteiger partial charge in [0.05, 0.1) is 24.9 Å². The molecule has 1 aliphatic carbocycles. The first-order valence-corrected chi connectivity index (χ1v) is 12.0. The van der Waals surface area contributed by atoms with Crippen molar-refractivity contribution in [3.8, 4) is 0 Å². The van der Waals surface area contributed by atoms with Gasteiger partial charge in [-0.1, -0.05) is 43.2 Å². The number of thioether (sulfide) groups is 1. The Morgan fingerprint density at radius 2 is 2.17 bits per heavy atom. The zero-order valence-corrected chi connectivity index (χ0v) is 18.0. The van der Waals surface area contributed by atoms with E-state index in [1.165, 1.54) is 47.7 Å². The quantitative estimate of drug-likeness (QED) is 0.426. The Kier molecular flexibility index (Phi) is 8.53. The van der Waals surface area contributed by atoms with Crippen LogP contribution >= 0.6 is 23.1 Å². The number of likely N-dealkylation sites (tertiary alicyclic amines) is 1. The molecule has 2 heterocycles. The molecule has 160 valence electrons. The van der Waals surface area contributed by atoms with Crippen molar-refractivity contribution in [3.05, 3.63) is 23.2 Å². The van der Waals surface area contributed by atoms with E-state index >= 15 is 0 Å². The lowest BCUT2D eigenvalue weighted by Gasteiger charge is -2.24. The van der Waals surface area contributed by atoms with Crippen LogP contribution in [-0.2, 0) is 9.53 Å². The number of aromatic nitrogens is 1. The number of hydrogen-bond acceptors (Lipinski definition) is 7. The number of carbonyl (C=O) groups is 2. The standard InChI is InChI=1S/C20H28N2O5S2/c23-15(12-27-16-4-2-1-3-5-16)8-6-14-7-9-18(24)22(14)10-11-28-20-21-17(13-29-20)19(25)26/h6,8,13-16,23H,1-5,7,9-12H2,(H,25,26)/t14-,15+/m0/s1. The number of carboxylic acid groups (broad SMARTS) is 1. The highest BCUT2D eigenvalue weighted by molar-refractivity contribution is 8.01. The molecule has 1 saturated heterocycles. The van der Waals surface area contributed by atoms with Gasteiger partial charge in [-0.3, -0.25) is 4.79 Å². The minimum atomic E-state index is -1.03. The van der Waals surface area contributed by atoms with Crippen molar-refractivity contribution < 1.29 is 24.5 Å².